The number of halogens is 2. The van der Waals surface area contributed by atoms with Crippen LogP contribution in [0.3, 0.4) is 0 Å². The molecular formula is C13H17F2N. The molecule has 0 radical (unpaired) electrons. The Morgan fingerprint density at radius 2 is 2.12 bits per heavy atom. The van der Waals surface area contributed by atoms with E-state index in [9.17, 15) is 8.78 Å². The molecule has 16 heavy (non-hydrogen) atoms. The second-order valence-corrected chi connectivity index (χ2v) is 4.57. The molecule has 2 rings (SSSR count). The summed E-state index contributed by atoms with van der Waals surface area (Å²) in [5, 5.41) is 3.27. The van der Waals surface area contributed by atoms with E-state index in [1.165, 1.54) is 25.0 Å². The molecule has 0 aromatic heterocycles. The van der Waals surface area contributed by atoms with Crippen molar-refractivity contribution < 1.29 is 8.78 Å². The number of nitrogens with one attached hydrogen (secondary N) is 1. The monoisotopic (exact) mass is 225 g/mol. The van der Waals surface area contributed by atoms with Crippen LogP contribution in [0, 0.1) is 17.6 Å². The molecule has 1 unspecified atom stereocenters. The first-order valence-corrected chi connectivity index (χ1v) is 5.85. The van der Waals surface area contributed by atoms with Gasteiger partial charge in [0.15, 0.2) is 0 Å². The second-order valence-electron chi connectivity index (χ2n) is 4.57. The van der Waals surface area contributed by atoms with Gasteiger partial charge in [-0.05, 0) is 31.9 Å². The summed E-state index contributed by atoms with van der Waals surface area (Å²) in [6, 6.07) is 3.70. The Balaban J connectivity index is 1.88. The third-order valence-corrected chi connectivity index (χ3v) is 3.13. The van der Waals surface area contributed by atoms with Crippen molar-refractivity contribution in [1.29, 1.82) is 0 Å². The molecule has 1 aromatic rings. The Kier molecular flexibility index (Phi) is 3.54. The van der Waals surface area contributed by atoms with Gasteiger partial charge < -0.3 is 5.32 Å². The van der Waals surface area contributed by atoms with E-state index in [0.29, 0.717) is 5.56 Å². The number of hydrogen-bond acceptors (Lipinski definition) is 1. The van der Waals surface area contributed by atoms with E-state index < -0.39 is 11.6 Å². The predicted molar refractivity (Wildman–Crippen MR) is 60.1 cm³/mol. The minimum absolute atomic E-state index is 0.0562. The Bertz CT molecular complexity index is 361. The van der Waals surface area contributed by atoms with Crippen molar-refractivity contribution in [3.8, 4) is 0 Å². The lowest BCUT2D eigenvalue weighted by Crippen LogP contribution is -2.21. The summed E-state index contributed by atoms with van der Waals surface area (Å²) in [4.78, 5) is 0. The molecule has 0 saturated heterocycles. The Labute approximate surface area is 94.9 Å². The van der Waals surface area contributed by atoms with Gasteiger partial charge >= 0.3 is 0 Å². The van der Waals surface area contributed by atoms with Crippen molar-refractivity contribution in [3.05, 3.63) is 35.4 Å². The van der Waals surface area contributed by atoms with Crippen LogP contribution in [-0.4, -0.2) is 6.54 Å². The molecule has 3 heteroatoms. The minimum atomic E-state index is -0.522. The van der Waals surface area contributed by atoms with Gasteiger partial charge in [0.1, 0.15) is 11.6 Å². The molecule has 1 aliphatic rings. The van der Waals surface area contributed by atoms with Crippen molar-refractivity contribution in [2.45, 2.75) is 32.2 Å². The molecule has 0 heterocycles. The fraction of sp³-hybridized carbons (Fsp3) is 0.538. The van der Waals surface area contributed by atoms with Crippen molar-refractivity contribution >= 4 is 0 Å². The molecular weight excluding hydrogens is 208 g/mol. The number of rotatable bonds is 5. The van der Waals surface area contributed by atoms with E-state index in [2.05, 4.69) is 5.32 Å². The third-order valence-electron chi connectivity index (χ3n) is 3.13. The quantitative estimate of drug-likeness (QED) is 0.809. The van der Waals surface area contributed by atoms with Crippen LogP contribution < -0.4 is 5.32 Å². The van der Waals surface area contributed by atoms with Gasteiger partial charge in [0.25, 0.3) is 0 Å². The van der Waals surface area contributed by atoms with Gasteiger partial charge in [-0.2, -0.15) is 0 Å². The van der Waals surface area contributed by atoms with Gasteiger partial charge in [-0.25, -0.2) is 8.78 Å². The zero-order valence-corrected chi connectivity index (χ0v) is 9.47. The van der Waals surface area contributed by atoms with E-state index in [4.69, 9.17) is 0 Å². The molecule has 1 atom stereocenters. The standard InChI is InChI=1S/C13H17F2N/c1-9(16-7-6-10-2-3-10)12-5-4-11(14)8-13(12)15/h4-5,8-10,16H,2-3,6-7H2,1H3. The molecule has 1 N–H and O–H groups in total. The van der Waals surface area contributed by atoms with Gasteiger partial charge in [0.2, 0.25) is 0 Å². The molecule has 88 valence electrons. The lowest BCUT2D eigenvalue weighted by atomic mass is 10.1. The largest absolute Gasteiger partial charge is 0.310 e. The fourth-order valence-corrected chi connectivity index (χ4v) is 1.87. The van der Waals surface area contributed by atoms with Crippen molar-refractivity contribution in [2.24, 2.45) is 5.92 Å². The highest BCUT2D eigenvalue weighted by atomic mass is 19.1. The highest BCUT2D eigenvalue weighted by molar-refractivity contribution is 5.21. The average Bonchev–Trinajstić information content (AvgIpc) is 3.01. The summed E-state index contributed by atoms with van der Waals surface area (Å²) in [5.74, 6) is -0.115. The summed E-state index contributed by atoms with van der Waals surface area (Å²) in [7, 11) is 0. The maximum absolute atomic E-state index is 13.4. The molecule has 1 fully saturated rings. The summed E-state index contributed by atoms with van der Waals surface area (Å²) in [6.45, 7) is 2.81. The SMILES string of the molecule is CC(NCCC1CC1)c1ccc(F)cc1F. The van der Waals surface area contributed by atoms with Crippen LogP contribution in [0.5, 0.6) is 0 Å². The zero-order chi connectivity index (χ0) is 11.5. The molecule has 1 saturated carbocycles. The number of benzene rings is 1. The van der Waals surface area contributed by atoms with Crippen LogP contribution in [0.2, 0.25) is 0 Å². The smallest absolute Gasteiger partial charge is 0.130 e. The third kappa shape index (κ3) is 3.01. The maximum atomic E-state index is 13.4. The molecule has 0 bridgehead atoms. The van der Waals surface area contributed by atoms with E-state index in [1.54, 1.807) is 0 Å². The summed E-state index contributed by atoms with van der Waals surface area (Å²) < 4.78 is 26.1. The van der Waals surface area contributed by atoms with Gasteiger partial charge in [-0.1, -0.05) is 18.9 Å². The molecule has 0 aliphatic heterocycles. The lowest BCUT2D eigenvalue weighted by Gasteiger charge is -2.14. The highest BCUT2D eigenvalue weighted by Gasteiger charge is 2.20. The van der Waals surface area contributed by atoms with Crippen LogP contribution >= 0.6 is 0 Å². The summed E-state index contributed by atoms with van der Waals surface area (Å²) in [6.07, 6.45) is 3.83. The normalized spacial score (nSPS) is 17.4. The van der Waals surface area contributed by atoms with Crippen LogP contribution in [-0.2, 0) is 0 Å². The Morgan fingerprint density at radius 1 is 1.38 bits per heavy atom. The highest BCUT2D eigenvalue weighted by Crippen LogP contribution is 2.32. The molecule has 1 aromatic carbocycles. The zero-order valence-electron chi connectivity index (χ0n) is 9.47. The van der Waals surface area contributed by atoms with Gasteiger partial charge in [0, 0.05) is 17.7 Å². The molecule has 1 nitrogen and oxygen atoms in total. The first-order chi connectivity index (χ1) is 7.66. The first kappa shape index (κ1) is 11.5. The predicted octanol–water partition coefficient (Wildman–Crippen LogP) is 3.42. The maximum Gasteiger partial charge on any atom is 0.130 e. The van der Waals surface area contributed by atoms with Crippen LogP contribution in [0.15, 0.2) is 18.2 Å². The van der Waals surface area contributed by atoms with Crippen molar-refractivity contribution in [3.63, 3.8) is 0 Å². The Hall–Kier alpha value is -0.960. The minimum Gasteiger partial charge on any atom is -0.310 e. The van der Waals surface area contributed by atoms with E-state index >= 15 is 0 Å². The molecule has 1 aliphatic carbocycles. The lowest BCUT2D eigenvalue weighted by molar-refractivity contribution is 0.504. The number of hydrogen-bond donors (Lipinski definition) is 1. The van der Waals surface area contributed by atoms with E-state index in [1.807, 2.05) is 6.92 Å². The van der Waals surface area contributed by atoms with Gasteiger partial charge in [-0.15, -0.1) is 0 Å². The van der Waals surface area contributed by atoms with Crippen LogP contribution in [0.4, 0.5) is 8.78 Å². The van der Waals surface area contributed by atoms with Crippen molar-refractivity contribution in [2.75, 3.05) is 6.54 Å². The first-order valence-electron chi connectivity index (χ1n) is 5.85. The average molecular weight is 225 g/mol. The fourth-order valence-electron chi connectivity index (χ4n) is 1.87. The van der Waals surface area contributed by atoms with Crippen LogP contribution in [0.1, 0.15) is 37.8 Å². The summed E-state index contributed by atoms with van der Waals surface area (Å²) in [5.41, 5.74) is 0.539. The van der Waals surface area contributed by atoms with Gasteiger partial charge in [-0.3, -0.25) is 0 Å². The van der Waals surface area contributed by atoms with Gasteiger partial charge in [0.05, 0.1) is 0 Å². The van der Waals surface area contributed by atoms with Crippen LogP contribution in [0.25, 0.3) is 0 Å². The summed E-state index contributed by atoms with van der Waals surface area (Å²) >= 11 is 0. The van der Waals surface area contributed by atoms with E-state index in [0.717, 1.165) is 24.9 Å². The second kappa shape index (κ2) is 4.91. The topological polar surface area (TPSA) is 12.0 Å². The Morgan fingerprint density at radius 3 is 2.75 bits per heavy atom. The molecule has 0 amide bonds. The van der Waals surface area contributed by atoms with Crippen molar-refractivity contribution in [1.82, 2.24) is 5.32 Å². The molecule has 0 spiro atoms. The van der Waals surface area contributed by atoms with E-state index in [-0.39, 0.29) is 6.04 Å².